The van der Waals surface area contributed by atoms with Gasteiger partial charge in [-0.3, -0.25) is 4.79 Å². The molecule has 0 spiro atoms. The fourth-order valence-corrected chi connectivity index (χ4v) is 2.06. The summed E-state index contributed by atoms with van der Waals surface area (Å²) >= 11 is 0. The van der Waals surface area contributed by atoms with Gasteiger partial charge in [0, 0.05) is 18.9 Å². The predicted octanol–water partition coefficient (Wildman–Crippen LogP) is 3.15. The van der Waals surface area contributed by atoms with Crippen molar-refractivity contribution in [3.63, 3.8) is 0 Å². The highest BCUT2D eigenvalue weighted by Gasteiger charge is 2.08. The highest BCUT2D eigenvalue weighted by molar-refractivity contribution is 5.93. The Morgan fingerprint density at radius 2 is 1.91 bits per heavy atom. The van der Waals surface area contributed by atoms with E-state index in [0.717, 1.165) is 24.9 Å². The van der Waals surface area contributed by atoms with Crippen LogP contribution in [0.3, 0.4) is 0 Å². The molecule has 2 aromatic rings. The largest absolute Gasteiger partial charge is 0.495 e. The number of carbonyl (C=O) groups excluding carboxylic acids is 1. The van der Waals surface area contributed by atoms with Crippen molar-refractivity contribution in [1.29, 1.82) is 0 Å². The maximum absolute atomic E-state index is 11.9. The number of benzene rings is 1. The summed E-state index contributed by atoms with van der Waals surface area (Å²) in [4.78, 5) is 20.3. The first kappa shape index (κ1) is 16.7. The second-order valence-corrected chi connectivity index (χ2v) is 5.08. The first-order valence-electron chi connectivity index (χ1n) is 7.75. The van der Waals surface area contributed by atoms with Crippen LogP contribution in [0.25, 0.3) is 0 Å². The highest BCUT2D eigenvalue weighted by atomic mass is 16.5. The summed E-state index contributed by atoms with van der Waals surface area (Å²) in [5.41, 5.74) is 1.22. The smallest absolute Gasteiger partial charge is 0.254 e. The number of para-hydroxylation sites is 2. The van der Waals surface area contributed by atoms with Crippen LogP contribution in [0.2, 0.25) is 0 Å². The lowest BCUT2D eigenvalue weighted by atomic mass is 10.2. The third-order valence-corrected chi connectivity index (χ3v) is 3.33. The van der Waals surface area contributed by atoms with E-state index in [4.69, 9.17) is 4.74 Å². The van der Waals surface area contributed by atoms with Crippen LogP contribution in [0, 0.1) is 0 Å². The topological polar surface area (TPSA) is 76.1 Å². The summed E-state index contributed by atoms with van der Waals surface area (Å²) in [5, 5.41) is 5.93. The lowest BCUT2D eigenvalue weighted by Gasteiger charge is -2.09. The van der Waals surface area contributed by atoms with Crippen molar-refractivity contribution in [1.82, 2.24) is 15.3 Å². The van der Waals surface area contributed by atoms with Crippen LogP contribution in [-0.2, 0) is 0 Å². The molecule has 1 heterocycles. The van der Waals surface area contributed by atoms with Gasteiger partial charge in [0.15, 0.2) is 0 Å². The summed E-state index contributed by atoms with van der Waals surface area (Å²) in [7, 11) is 1.60. The number of nitrogens with one attached hydrogen (secondary N) is 2. The number of aromatic nitrogens is 2. The molecule has 0 saturated carbocycles. The third kappa shape index (κ3) is 4.95. The molecule has 23 heavy (non-hydrogen) atoms. The first-order chi connectivity index (χ1) is 11.2. The molecule has 6 nitrogen and oxygen atoms in total. The van der Waals surface area contributed by atoms with Gasteiger partial charge in [-0.2, -0.15) is 0 Å². The Hall–Kier alpha value is -2.63. The number of anilines is 2. The molecule has 0 aliphatic carbocycles. The Labute approximate surface area is 136 Å². The molecule has 1 aromatic heterocycles. The van der Waals surface area contributed by atoms with Gasteiger partial charge in [-0.15, -0.1) is 0 Å². The fourth-order valence-electron chi connectivity index (χ4n) is 2.06. The summed E-state index contributed by atoms with van der Waals surface area (Å²) in [5.74, 6) is 0.968. The molecule has 0 unspecified atom stereocenters. The van der Waals surface area contributed by atoms with E-state index in [0.29, 0.717) is 23.8 Å². The van der Waals surface area contributed by atoms with Crippen LogP contribution in [0.1, 0.15) is 36.5 Å². The lowest BCUT2D eigenvalue weighted by Crippen LogP contribution is -2.24. The molecular formula is C17H22N4O2. The van der Waals surface area contributed by atoms with Crippen LogP contribution in [0.5, 0.6) is 5.75 Å². The molecule has 0 bridgehead atoms. The molecule has 1 aromatic carbocycles. The zero-order valence-electron chi connectivity index (χ0n) is 13.5. The quantitative estimate of drug-likeness (QED) is 0.732. The molecule has 0 aliphatic rings. The van der Waals surface area contributed by atoms with E-state index in [-0.39, 0.29) is 5.91 Å². The summed E-state index contributed by atoms with van der Waals surface area (Å²) in [6, 6.07) is 7.50. The average Bonchev–Trinajstić information content (AvgIpc) is 2.59. The summed E-state index contributed by atoms with van der Waals surface area (Å²) in [6.45, 7) is 2.80. The van der Waals surface area contributed by atoms with Crippen LogP contribution >= 0.6 is 0 Å². The lowest BCUT2D eigenvalue weighted by molar-refractivity contribution is 0.0952. The van der Waals surface area contributed by atoms with Crippen molar-refractivity contribution < 1.29 is 9.53 Å². The van der Waals surface area contributed by atoms with E-state index in [1.807, 2.05) is 24.3 Å². The van der Waals surface area contributed by atoms with Gasteiger partial charge < -0.3 is 15.4 Å². The molecule has 2 rings (SSSR count). The third-order valence-electron chi connectivity index (χ3n) is 3.33. The Balaban J connectivity index is 1.95. The van der Waals surface area contributed by atoms with E-state index in [2.05, 4.69) is 27.5 Å². The van der Waals surface area contributed by atoms with Gasteiger partial charge in [-0.05, 0) is 18.6 Å². The molecule has 6 heteroatoms. The molecule has 1 amide bonds. The van der Waals surface area contributed by atoms with Gasteiger partial charge >= 0.3 is 0 Å². The zero-order chi connectivity index (χ0) is 16.5. The van der Waals surface area contributed by atoms with E-state index >= 15 is 0 Å². The maximum Gasteiger partial charge on any atom is 0.254 e. The van der Waals surface area contributed by atoms with Gasteiger partial charge in [-0.1, -0.05) is 31.9 Å². The maximum atomic E-state index is 11.9. The number of methoxy groups -OCH3 is 1. The number of unbranched alkanes of at least 4 members (excludes halogenated alkanes) is 2. The van der Waals surface area contributed by atoms with Gasteiger partial charge in [0.1, 0.15) is 5.75 Å². The number of carbonyl (C=O) groups is 1. The van der Waals surface area contributed by atoms with Crippen LogP contribution in [0.4, 0.5) is 11.6 Å². The summed E-state index contributed by atoms with van der Waals surface area (Å²) in [6.07, 6.45) is 6.25. The normalized spacial score (nSPS) is 10.2. The number of amides is 1. The standard InChI is InChI=1S/C17H22N4O2/c1-3-4-7-10-18-16(22)13-11-19-17(20-12-13)21-14-8-5-6-9-15(14)23-2/h5-6,8-9,11-12H,3-4,7,10H2,1-2H3,(H,18,22)(H,19,20,21). The zero-order valence-corrected chi connectivity index (χ0v) is 13.5. The molecule has 0 atom stereocenters. The Morgan fingerprint density at radius 1 is 1.17 bits per heavy atom. The first-order valence-corrected chi connectivity index (χ1v) is 7.75. The Kier molecular flexibility index (Phi) is 6.35. The van der Waals surface area contributed by atoms with Crippen molar-refractivity contribution in [2.75, 3.05) is 19.0 Å². The van der Waals surface area contributed by atoms with E-state index in [9.17, 15) is 4.79 Å². The second kappa shape index (κ2) is 8.73. The average molecular weight is 314 g/mol. The Bertz CT molecular complexity index is 629. The van der Waals surface area contributed by atoms with Crippen molar-refractivity contribution in [2.45, 2.75) is 26.2 Å². The Morgan fingerprint density at radius 3 is 2.61 bits per heavy atom. The molecule has 0 saturated heterocycles. The minimum Gasteiger partial charge on any atom is -0.495 e. The van der Waals surface area contributed by atoms with Crippen LogP contribution in [-0.4, -0.2) is 29.5 Å². The second-order valence-electron chi connectivity index (χ2n) is 5.08. The number of rotatable bonds is 8. The molecule has 0 radical (unpaired) electrons. The van der Waals surface area contributed by atoms with Gasteiger partial charge in [0.25, 0.3) is 5.91 Å². The molecule has 2 N–H and O–H groups in total. The highest BCUT2D eigenvalue weighted by Crippen LogP contribution is 2.25. The number of hydrogen-bond acceptors (Lipinski definition) is 5. The summed E-state index contributed by atoms with van der Waals surface area (Å²) < 4.78 is 5.26. The SMILES string of the molecule is CCCCCNC(=O)c1cnc(Nc2ccccc2OC)nc1. The van der Waals surface area contributed by atoms with Gasteiger partial charge in [0.2, 0.25) is 5.95 Å². The van der Waals surface area contributed by atoms with E-state index < -0.39 is 0 Å². The fraction of sp³-hybridized carbons (Fsp3) is 0.353. The predicted molar refractivity (Wildman–Crippen MR) is 90.2 cm³/mol. The van der Waals surface area contributed by atoms with Gasteiger partial charge in [0.05, 0.1) is 18.4 Å². The van der Waals surface area contributed by atoms with Gasteiger partial charge in [-0.25, -0.2) is 9.97 Å². The minimum atomic E-state index is -0.148. The minimum absolute atomic E-state index is 0.148. The number of ether oxygens (including phenoxy) is 1. The van der Waals surface area contributed by atoms with Crippen molar-refractivity contribution in [2.24, 2.45) is 0 Å². The molecule has 0 fully saturated rings. The number of hydrogen-bond donors (Lipinski definition) is 2. The molecule has 122 valence electrons. The molecular weight excluding hydrogens is 292 g/mol. The van der Waals surface area contributed by atoms with Crippen molar-refractivity contribution in [3.8, 4) is 5.75 Å². The van der Waals surface area contributed by atoms with Crippen molar-refractivity contribution in [3.05, 3.63) is 42.2 Å². The van der Waals surface area contributed by atoms with E-state index in [1.165, 1.54) is 12.4 Å². The van der Waals surface area contributed by atoms with E-state index in [1.54, 1.807) is 7.11 Å². The van der Waals surface area contributed by atoms with Crippen LogP contribution < -0.4 is 15.4 Å². The molecule has 0 aliphatic heterocycles. The van der Waals surface area contributed by atoms with Crippen LogP contribution in [0.15, 0.2) is 36.7 Å². The monoisotopic (exact) mass is 314 g/mol. The number of nitrogens with zero attached hydrogens (tertiary/aromatic N) is 2. The van der Waals surface area contributed by atoms with Crippen molar-refractivity contribution >= 4 is 17.5 Å².